The highest BCUT2D eigenvalue weighted by Gasteiger charge is 2.24. The van der Waals surface area contributed by atoms with Gasteiger partial charge in [0.2, 0.25) is 5.91 Å². The Hall–Kier alpha value is -1.55. The number of fused-ring (bicyclic) bond motifs is 1. The highest BCUT2D eigenvalue weighted by atomic mass is 35.5. The number of nitrogens with one attached hydrogen (secondary N) is 1. The SMILES string of the molecule is O=C1Cc2cc(Cl)cc(C(=O)O)c2N1. The molecule has 2 N–H and O–H groups in total. The van der Waals surface area contributed by atoms with E-state index >= 15 is 0 Å². The molecular weight excluding hydrogens is 206 g/mol. The number of carboxylic acid groups (broad SMARTS) is 1. The zero-order chi connectivity index (χ0) is 10.3. The van der Waals surface area contributed by atoms with Gasteiger partial charge in [-0.05, 0) is 17.7 Å². The molecule has 1 aromatic rings. The fraction of sp³-hybridized carbons (Fsp3) is 0.111. The number of rotatable bonds is 1. The van der Waals surface area contributed by atoms with Gasteiger partial charge in [-0.15, -0.1) is 0 Å². The Morgan fingerprint density at radius 3 is 2.86 bits per heavy atom. The lowest BCUT2D eigenvalue weighted by molar-refractivity contribution is -0.115. The molecule has 0 saturated heterocycles. The van der Waals surface area contributed by atoms with Crippen molar-refractivity contribution in [2.45, 2.75) is 6.42 Å². The van der Waals surface area contributed by atoms with E-state index in [1.54, 1.807) is 6.07 Å². The molecule has 0 bridgehead atoms. The molecule has 0 saturated carbocycles. The zero-order valence-electron chi connectivity index (χ0n) is 7.00. The lowest BCUT2D eigenvalue weighted by Gasteiger charge is -2.04. The summed E-state index contributed by atoms with van der Waals surface area (Å²) in [5.74, 6) is -1.30. The first-order chi connectivity index (χ1) is 6.58. The minimum Gasteiger partial charge on any atom is -0.478 e. The summed E-state index contributed by atoms with van der Waals surface area (Å²) in [5, 5.41) is 11.7. The summed E-state index contributed by atoms with van der Waals surface area (Å²) >= 11 is 5.72. The number of amides is 1. The van der Waals surface area contributed by atoms with Crippen LogP contribution in [0.1, 0.15) is 15.9 Å². The molecule has 1 amide bonds. The maximum absolute atomic E-state index is 11.0. The number of carbonyl (C=O) groups is 2. The third-order valence-electron chi connectivity index (χ3n) is 2.03. The number of hydrogen-bond acceptors (Lipinski definition) is 2. The molecular formula is C9H6ClNO3. The predicted molar refractivity (Wildman–Crippen MR) is 50.7 cm³/mol. The summed E-state index contributed by atoms with van der Waals surface area (Å²) in [6, 6.07) is 2.93. The first-order valence-electron chi connectivity index (χ1n) is 3.93. The monoisotopic (exact) mass is 211 g/mol. The Morgan fingerprint density at radius 2 is 2.21 bits per heavy atom. The normalized spacial score (nSPS) is 13.6. The van der Waals surface area contributed by atoms with Crippen molar-refractivity contribution in [2.75, 3.05) is 5.32 Å². The van der Waals surface area contributed by atoms with Crippen LogP contribution in [0.3, 0.4) is 0 Å². The Bertz CT molecular complexity index is 442. The third-order valence-corrected chi connectivity index (χ3v) is 2.25. The van der Waals surface area contributed by atoms with E-state index in [-0.39, 0.29) is 17.9 Å². The van der Waals surface area contributed by atoms with Crippen molar-refractivity contribution >= 4 is 29.2 Å². The average molecular weight is 212 g/mol. The van der Waals surface area contributed by atoms with Gasteiger partial charge in [0.15, 0.2) is 0 Å². The Balaban J connectivity index is 2.63. The largest absolute Gasteiger partial charge is 0.478 e. The first kappa shape index (κ1) is 9.02. The van der Waals surface area contributed by atoms with E-state index in [4.69, 9.17) is 16.7 Å². The second-order valence-electron chi connectivity index (χ2n) is 3.02. The van der Waals surface area contributed by atoms with E-state index in [1.165, 1.54) is 6.07 Å². The van der Waals surface area contributed by atoms with Gasteiger partial charge < -0.3 is 10.4 Å². The minimum atomic E-state index is -1.09. The van der Waals surface area contributed by atoms with Crippen LogP contribution in [0.25, 0.3) is 0 Å². The summed E-state index contributed by atoms with van der Waals surface area (Å²) in [4.78, 5) is 21.8. The summed E-state index contributed by atoms with van der Waals surface area (Å²) in [5.41, 5.74) is 1.05. The van der Waals surface area contributed by atoms with Crippen molar-refractivity contribution in [3.8, 4) is 0 Å². The molecule has 2 rings (SSSR count). The fourth-order valence-electron chi connectivity index (χ4n) is 1.48. The van der Waals surface area contributed by atoms with Crippen LogP contribution in [-0.4, -0.2) is 17.0 Å². The Labute approximate surface area is 84.5 Å². The average Bonchev–Trinajstić information content (AvgIpc) is 2.42. The molecule has 0 spiro atoms. The second kappa shape index (κ2) is 2.99. The van der Waals surface area contributed by atoms with Gasteiger partial charge in [0.1, 0.15) is 0 Å². The predicted octanol–water partition coefficient (Wildman–Crippen LogP) is 1.53. The van der Waals surface area contributed by atoms with Crippen molar-refractivity contribution in [1.82, 2.24) is 0 Å². The van der Waals surface area contributed by atoms with E-state index in [1.807, 2.05) is 0 Å². The van der Waals surface area contributed by atoms with E-state index in [9.17, 15) is 9.59 Å². The number of anilines is 1. The number of carboxylic acids is 1. The van der Waals surface area contributed by atoms with Crippen LogP contribution < -0.4 is 5.32 Å². The van der Waals surface area contributed by atoms with E-state index in [2.05, 4.69) is 5.32 Å². The van der Waals surface area contributed by atoms with Crippen LogP contribution in [0.15, 0.2) is 12.1 Å². The van der Waals surface area contributed by atoms with Crippen molar-refractivity contribution in [3.05, 3.63) is 28.3 Å². The highest BCUT2D eigenvalue weighted by Crippen LogP contribution is 2.30. The molecule has 5 heteroatoms. The summed E-state index contributed by atoms with van der Waals surface area (Å²) < 4.78 is 0. The van der Waals surface area contributed by atoms with Gasteiger partial charge in [-0.2, -0.15) is 0 Å². The quantitative estimate of drug-likeness (QED) is 0.740. The number of hydrogen-bond donors (Lipinski definition) is 2. The molecule has 1 aromatic carbocycles. The second-order valence-corrected chi connectivity index (χ2v) is 3.45. The van der Waals surface area contributed by atoms with Gasteiger partial charge in [0.05, 0.1) is 17.7 Å². The maximum Gasteiger partial charge on any atom is 0.337 e. The van der Waals surface area contributed by atoms with Gasteiger partial charge in [0.25, 0.3) is 0 Å². The van der Waals surface area contributed by atoms with Crippen molar-refractivity contribution < 1.29 is 14.7 Å². The number of carbonyl (C=O) groups excluding carboxylic acids is 1. The van der Waals surface area contributed by atoms with Gasteiger partial charge in [0, 0.05) is 5.02 Å². The van der Waals surface area contributed by atoms with Crippen LogP contribution in [0, 0.1) is 0 Å². The molecule has 0 radical (unpaired) electrons. The van der Waals surface area contributed by atoms with Crippen LogP contribution in [0.5, 0.6) is 0 Å². The van der Waals surface area contributed by atoms with Crippen LogP contribution in [-0.2, 0) is 11.2 Å². The summed E-state index contributed by atoms with van der Waals surface area (Å²) in [6.07, 6.45) is 0.191. The van der Waals surface area contributed by atoms with Crippen LogP contribution in [0.4, 0.5) is 5.69 Å². The molecule has 14 heavy (non-hydrogen) atoms. The molecule has 0 unspecified atom stereocenters. The number of aromatic carboxylic acids is 1. The van der Waals surface area contributed by atoms with Crippen molar-refractivity contribution in [1.29, 1.82) is 0 Å². The highest BCUT2D eigenvalue weighted by molar-refractivity contribution is 6.31. The first-order valence-corrected chi connectivity index (χ1v) is 4.31. The molecule has 4 nitrogen and oxygen atoms in total. The maximum atomic E-state index is 11.0. The minimum absolute atomic E-state index is 0.0401. The van der Waals surface area contributed by atoms with Gasteiger partial charge in [-0.3, -0.25) is 4.79 Å². The Morgan fingerprint density at radius 1 is 1.50 bits per heavy atom. The van der Waals surface area contributed by atoms with Gasteiger partial charge in [-0.1, -0.05) is 11.6 Å². The number of benzene rings is 1. The number of halogens is 1. The van der Waals surface area contributed by atoms with Crippen molar-refractivity contribution in [2.24, 2.45) is 0 Å². The lowest BCUT2D eigenvalue weighted by Crippen LogP contribution is -2.07. The topological polar surface area (TPSA) is 66.4 Å². The summed E-state index contributed by atoms with van der Waals surface area (Å²) in [6.45, 7) is 0. The standard InChI is InChI=1S/C9H6ClNO3/c10-5-1-4-2-7(12)11-8(4)6(3-5)9(13)14/h1,3H,2H2,(H,11,12)(H,13,14). The van der Waals surface area contributed by atoms with Crippen LogP contribution >= 0.6 is 11.6 Å². The summed E-state index contributed by atoms with van der Waals surface area (Å²) in [7, 11) is 0. The fourth-order valence-corrected chi connectivity index (χ4v) is 1.72. The molecule has 1 aliphatic heterocycles. The molecule has 72 valence electrons. The molecule has 0 aromatic heterocycles. The van der Waals surface area contributed by atoms with E-state index < -0.39 is 5.97 Å². The van der Waals surface area contributed by atoms with Gasteiger partial charge >= 0.3 is 5.97 Å². The van der Waals surface area contributed by atoms with Crippen molar-refractivity contribution in [3.63, 3.8) is 0 Å². The molecule has 1 heterocycles. The van der Waals surface area contributed by atoms with E-state index in [0.29, 0.717) is 16.3 Å². The van der Waals surface area contributed by atoms with Gasteiger partial charge in [-0.25, -0.2) is 4.79 Å². The molecule has 0 atom stereocenters. The third kappa shape index (κ3) is 1.33. The lowest BCUT2D eigenvalue weighted by atomic mass is 10.1. The molecule has 0 fully saturated rings. The smallest absolute Gasteiger partial charge is 0.337 e. The Kier molecular flexibility index (Phi) is 1.93. The van der Waals surface area contributed by atoms with Crippen LogP contribution in [0.2, 0.25) is 5.02 Å². The zero-order valence-corrected chi connectivity index (χ0v) is 7.76. The molecule has 1 aliphatic rings. The molecule has 0 aliphatic carbocycles. The van der Waals surface area contributed by atoms with E-state index in [0.717, 1.165) is 0 Å².